The summed E-state index contributed by atoms with van der Waals surface area (Å²) in [5.41, 5.74) is 0.917. The molecule has 0 N–H and O–H groups in total. The van der Waals surface area contributed by atoms with Gasteiger partial charge in [-0.3, -0.25) is 9.59 Å². The number of hydrogen-bond donors (Lipinski definition) is 0. The quantitative estimate of drug-likeness (QED) is 0.838. The first-order chi connectivity index (χ1) is 10.7. The molecule has 7 heteroatoms. The highest BCUT2D eigenvalue weighted by Gasteiger charge is 2.35. The first-order valence-corrected chi connectivity index (χ1v) is 8.72. The molecule has 2 saturated heterocycles. The number of carbonyl (C=O) groups is 1. The van der Waals surface area contributed by atoms with Crippen LogP contribution < -0.4 is 4.87 Å². The third-order valence-corrected chi connectivity index (χ3v) is 5.24. The minimum absolute atomic E-state index is 0.00273. The molecule has 0 bridgehead atoms. The Labute approximate surface area is 133 Å². The van der Waals surface area contributed by atoms with Crippen molar-refractivity contribution in [2.45, 2.75) is 51.5 Å². The Morgan fingerprint density at radius 3 is 2.82 bits per heavy atom. The van der Waals surface area contributed by atoms with Crippen LogP contribution in [0.2, 0.25) is 0 Å². The predicted molar refractivity (Wildman–Crippen MR) is 83.0 cm³/mol. The maximum Gasteiger partial charge on any atom is 0.307 e. The lowest BCUT2D eigenvalue weighted by Crippen LogP contribution is -2.50. The molecule has 22 heavy (non-hydrogen) atoms. The number of rotatable bonds is 4. The molecule has 122 valence electrons. The zero-order valence-electron chi connectivity index (χ0n) is 12.8. The Morgan fingerprint density at radius 1 is 1.36 bits per heavy atom. The number of piperidine rings is 1. The number of aryl methyl sites for hydroxylation is 1. The number of hydrogen-bond acceptors (Lipinski definition) is 5. The van der Waals surface area contributed by atoms with Crippen molar-refractivity contribution in [1.82, 2.24) is 9.47 Å². The molecule has 6 nitrogen and oxygen atoms in total. The van der Waals surface area contributed by atoms with Gasteiger partial charge < -0.3 is 18.9 Å². The van der Waals surface area contributed by atoms with Gasteiger partial charge >= 0.3 is 4.87 Å². The van der Waals surface area contributed by atoms with Crippen molar-refractivity contribution in [3.8, 4) is 0 Å². The highest BCUT2D eigenvalue weighted by Crippen LogP contribution is 2.25. The van der Waals surface area contributed by atoms with Crippen molar-refractivity contribution in [2.75, 3.05) is 19.8 Å². The van der Waals surface area contributed by atoms with Gasteiger partial charge in [-0.15, -0.1) is 0 Å². The molecule has 1 aromatic rings. The van der Waals surface area contributed by atoms with E-state index in [1.54, 1.807) is 4.57 Å². The van der Waals surface area contributed by atoms with E-state index in [2.05, 4.69) is 0 Å². The van der Waals surface area contributed by atoms with E-state index < -0.39 is 0 Å². The fourth-order valence-electron chi connectivity index (χ4n) is 3.17. The van der Waals surface area contributed by atoms with Gasteiger partial charge in [-0.05, 0) is 26.2 Å². The van der Waals surface area contributed by atoms with Crippen LogP contribution in [0.1, 0.15) is 31.4 Å². The fourth-order valence-corrected chi connectivity index (χ4v) is 3.94. The van der Waals surface area contributed by atoms with Crippen molar-refractivity contribution in [2.24, 2.45) is 0 Å². The maximum absolute atomic E-state index is 12.6. The molecule has 3 rings (SSSR count). The third-order valence-electron chi connectivity index (χ3n) is 4.36. The van der Waals surface area contributed by atoms with E-state index in [-0.39, 0.29) is 23.1 Å². The van der Waals surface area contributed by atoms with E-state index in [0.717, 1.165) is 31.5 Å². The molecule has 2 aliphatic heterocycles. The summed E-state index contributed by atoms with van der Waals surface area (Å²) in [5.74, 6) is 0.0845. The number of aromatic nitrogens is 1. The fraction of sp³-hybridized carbons (Fsp3) is 0.733. The molecular formula is C15H22N2O4S. The SMILES string of the molecule is Cc1csc(=O)n1CCC(=O)N1CCCCC1C1OCCO1. The third kappa shape index (κ3) is 3.26. The van der Waals surface area contributed by atoms with Gasteiger partial charge in [0.1, 0.15) is 0 Å². The van der Waals surface area contributed by atoms with Crippen LogP contribution in [-0.2, 0) is 20.8 Å². The zero-order valence-corrected chi connectivity index (χ0v) is 13.6. The van der Waals surface area contributed by atoms with Crippen molar-refractivity contribution >= 4 is 17.2 Å². The van der Waals surface area contributed by atoms with Crippen LogP contribution in [0.5, 0.6) is 0 Å². The molecule has 2 aliphatic rings. The summed E-state index contributed by atoms with van der Waals surface area (Å²) in [5, 5.41) is 1.83. The first kappa shape index (κ1) is 15.7. The monoisotopic (exact) mass is 326 g/mol. The number of amides is 1. The van der Waals surface area contributed by atoms with Crippen molar-refractivity contribution in [3.63, 3.8) is 0 Å². The molecule has 1 unspecified atom stereocenters. The van der Waals surface area contributed by atoms with Crippen molar-refractivity contribution in [1.29, 1.82) is 0 Å². The highest BCUT2D eigenvalue weighted by atomic mass is 32.1. The highest BCUT2D eigenvalue weighted by molar-refractivity contribution is 7.07. The second-order valence-electron chi connectivity index (χ2n) is 5.80. The molecule has 1 atom stereocenters. The number of carbonyl (C=O) groups excluding carboxylic acids is 1. The second-order valence-corrected chi connectivity index (χ2v) is 6.63. The van der Waals surface area contributed by atoms with E-state index in [9.17, 15) is 9.59 Å². The van der Waals surface area contributed by atoms with E-state index in [4.69, 9.17) is 9.47 Å². The summed E-state index contributed by atoms with van der Waals surface area (Å²) in [7, 11) is 0. The maximum atomic E-state index is 12.6. The molecule has 1 amide bonds. The average Bonchev–Trinajstić information content (AvgIpc) is 3.16. The summed E-state index contributed by atoms with van der Waals surface area (Å²) in [4.78, 5) is 26.2. The zero-order chi connectivity index (χ0) is 15.5. The normalized spacial score (nSPS) is 23.1. The Morgan fingerprint density at radius 2 is 2.14 bits per heavy atom. The Bertz CT molecular complexity index is 576. The largest absolute Gasteiger partial charge is 0.348 e. The van der Waals surface area contributed by atoms with Gasteiger partial charge in [0, 0.05) is 30.6 Å². The number of thiazole rings is 1. The molecular weight excluding hydrogens is 304 g/mol. The van der Waals surface area contributed by atoms with Gasteiger partial charge in [-0.2, -0.15) is 0 Å². The van der Waals surface area contributed by atoms with Gasteiger partial charge in [0.25, 0.3) is 0 Å². The number of ether oxygens (including phenoxy) is 2. The van der Waals surface area contributed by atoms with E-state index in [1.165, 1.54) is 11.3 Å². The van der Waals surface area contributed by atoms with Gasteiger partial charge in [0.15, 0.2) is 6.29 Å². The Kier molecular flexibility index (Phi) is 4.95. The van der Waals surface area contributed by atoms with Crippen LogP contribution >= 0.6 is 11.3 Å². The molecule has 2 fully saturated rings. The van der Waals surface area contributed by atoms with Crippen LogP contribution in [0.3, 0.4) is 0 Å². The summed E-state index contributed by atoms with van der Waals surface area (Å²) >= 11 is 1.18. The lowest BCUT2D eigenvalue weighted by molar-refractivity contribution is -0.150. The summed E-state index contributed by atoms with van der Waals surface area (Å²) in [6.07, 6.45) is 3.11. The second kappa shape index (κ2) is 6.93. The van der Waals surface area contributed by atoms with E-state index in [0.29, 0.717) is 26.2 Å². The van der Waals surface area contributed by atoms with E-state index >= 15 is 0 Å². The lowest BCUT2D eigenvalue weighted by atomic mass is 10.0. The van der Waals surface area contributed by atoms with Gasteiger partial charge in [-0.25, -0.2) is 0 Å². The molecule has 0 radical (unpaired) electrons. The van der Waals surface area contributed by atoms with Gasteiger partial charge in [0.2, 0.25) is 5.91 Å². The molecule has 0 saturated carbocycles. The molecule has 0 aromatic carbocycles. The van der Waals surface area contributed by atoms with Gasteiger partial charge in [-0.1, -0.05) is 11.3 Å². The number of nitrogens with zero attached hydrogens (tertiary/aromatic N) is 2. The standard InChI is InChI=1S/C15H22N2O4S/c1-11-10-22-15(19)16(11)7-5-13(18)17-6-3-2-4-12(17)14-20-8-9-21-14/h10,12,14H,2-9H2,1H3. The molecule has 1 aromatic heterocycles. The minimum Gasteiger partial charge on any atom is -0.348 e. The average molecular weight is 326 g/mol. The Hall–Kier alpha value is -1.18. The van der Waals surface area contributed by atoms with Crippen molar-refractivity contribution < 1.29 is 14.3 Å². The summed E-state index contributed by atoms with van der Waals surface area (Å²) in [6, 6.07) is 0.0176. The Balaban J connectivity index is 1.63. The lowest BCUT2D eigenvalue weighted by Gasteiger charge is -2.38. The van der Waals surface area contributed by atoms with E-state index in [1.807, 2.05) is 17.2 Å². The van der Waals surface area contributed by atoms with Gasteiger partial charge in [0.05, 0.1) is 19.3 Å². The van der Waals surface area contributed by atoms with Crippen LogP contribution in [0.15, 0.2) is 10.2 Å². The molecule has 0 spiro atoms. The summed E-state index contributed by atoms with van der Waals surface area (Å²) < 4.78 is 12.9. The summed E-state index contributed by atoms with van der Waals surface area (Å²) in [6.45, 7) is 4.30. The smallest absolute Gasteiger partial charge is 0.307 e. The minimum atomic E-state index is -0.283. The van der Waals surface area contributed by atoms with Crippen molar-refractivity contribution in [3.05, 3.63) is 20.7 Å². The van der Waals surface area contributed by atoms with Crippen LogP contribution in [-0.4, -0.2) is 47.5 Å². The van der Waals surface area contributed by atoms with Crippen LogP contribution in [0.4, 0.5) is 0 Å². The topological polar surface area (TPSA) is 60.8 Å². The van der Waals surface area contributed by atoms with Crippen LogP contribution in [0, 0.1) is 6.92 Å². The number of likely N-dealkylation sites (tertiary alicyclic amines) is 1. The molecule has 0 aliphatic carbocycles. The molecule has 3 heterocycles. The first-order valence-electron chi connectivity index (χ1n) is 7.84. The predicted octanol–water partition coefficient (Wildman–Crippen LogP) is 1.36. The van der Waals surface area contributed by atoms with Crippen LogP contribution in [0.25, 0.3) is 0 Å².